The molecule has 0 aliphatic heterocycles. The smallest absolute Gasteiger partial charge is 0.269 e. The molecule has 2 heterocycles. The minimum absolute atomic E-state index is 0. The normalized spacial score (nSPS) is 19.0. The maximum absolute atomic E-state index is 12.1. The van der Waals surface area contributed by atoms with Gasteiger partial charge in [0.1, 0.15) is 5.52 Å². The molecule has 0 radical (unpaired) electrons. The van der Waals surface area contributed by atoms with Gasteiger partial charge < -0.3 is 11.5 Å². The van der Waals surface area contributed by atoms with Crippen LogP contribution in [-0.4, -0.2) is 31.7 Å². The Morgan fingerprint density at radius 2 is 1.77 bits per heavy atom. The van der Waals surface area contributed by atoms with Crippen molar-refractivity contribution in [3.63, 3.8) is 0 Å². The van der Waals surface area contributed by atoms with Gasteiger partial charge >= 0.3 is 0 Å². The molecule has 0 saturated heterocycles. The van der Waals surface area contributed by atoms with Crippen LogP contribution in [0.4, 0.5) is 0 Å². The Morgan fingerprint density at radius 1 is 1.03 bits per heavy atom. The van der Waals surface area contributed by atoms with Crippen molar-refractivity contribution in [3.05, 3.63) is 54.4 Å². The first-order valence-electron chi connectivity index (χ1n) is 9.90. The molecule has 4 aromatic rings. The average Bonchev–Trinajstić information content (AvgIpc) is 3.15. The predicted molar refractivity (Wildman–Crippen MR) is 120 cm³/mol. The minimum atomic E-state index is -0.530. The summed E-state index contributed by atoms with van der Waals surface area (Å²) in [7, 11) is 0. The highest BCUT2D eigenvalue weighted by molar-refractivity contribution is 6.11. The Bertz CT molecular complexity index is 1210. The monoisotopic (exact) mass is 422 g/mol. The van der Waals surface area contributed by atoms with Crippen LogP contribution < -0.4 is 11.5 Å². The zero-order valence-electron chi connectivity index (χ0n) is 16.4. The summed E-state index contributed by atoms with van der Waals surface area (Å²) in [5.74, 6) is 0.114. The van der Waals surface area contributed by atoms with E-state index in [9.17, 15) is 4.79 Å². The highest BCUT2D eigenvalue weighted by Gasteiger charge is 2.26. The van der Waals surface area contributed by atoms with Gasteiger partial charge in [0.05, 0.1) is 11.6 Å². The van der Waals surface area contributed by atoms with Crippen LogP contribution in [0.3, 0.4) is 0 Å². The van der Waals surface area contributed by atoms with Crippen LogP contribution in [0.25, 0.3) is 33.2 Å². The van der Waals surface area contributed by atoms with Crippen LogP contribution >= 0.6 is 12.4 Å². The van der Waals surface area contributed by atoms with E-state index in [-0.39, 0.29) is 30.2 Å². The number of primary amides is 1. The van der Waals surface area contributed by atoms with Gasteiger partial charge in [-0.1, -0.05) is 36.4 Å². The third-order valence-corrected chi connectivity index (χ3v) is 5.77. The van der Waals surface area contributed by atoms with E-state index in [0.29, 0.717) is 5.82 Å². The van der Waals surface area contributed by atoms with Crippen molar-refractivity contribution in [2.75, 3.05) is 0 Å². The molecular formula is C22H23ClN6O. The second-order valence-corrected chi connectivity index (χ2v) is 7.69. The number of carbonyl (C=O) groups excluding carboxylic acids is 1. The molecular weight excluding hydrogens is 400 g/mol. The van der Waals surface area contributed by atoms with Gasteiger partial charge in [0.25, 0.3) is 5.91 Å². The number of aromatic nitrogens is 4. The largest absolute Gasteiger partial charge is 0.364 e. The lowest BCUT2D eigenvalue weighted by Crippen LogP contribution is -2.28. The van der Waals surface area contributed by atoms with Crippen molar-refractivity contribution in [1.29, 1.82) is 0 Å². The van der Waals surface area contributed by atoms with Gasteiger partial charge in [-0.05, 0) is 31.7 Å². The molecule has 2 aromatic carbocycles. The van der Waals surface area contributed by atoms with Crippen LogP contribution in [0.1, 0.15) is 42.2 Å². The molecule has 8 heteroatoms. The number of benzene rings is 2. The van der Waals surface area contributed by atoms with Crippen LogP contribution in [0, 0.1) is 0 Å². The van der Waals surface area contributed by atoms with Crippen molar-refractivity contribution in [2.24, 2.45) is 11.5 Å². The van der Waals surface area contributed by atoms with Crippen molar-refractivity contribution < 1.29 is 4.79 Å². The molecule has 0 bridgehead atoms. The first-order valence-corrected chi connectivity index (χ1v) is 9.90. The maximum atomic E-state index is 12.1. The predicted octanol–water partition coefficient (Wildman–Crippen LogP) is 3.61. The van der Waals surface area contributed by atoms with Crippen LogP contribution in [0.15, 0.2) is 48.7 Å². The van der Waals surface area contributed by atoms with Crippen LogP contribution in [-0.2, 0) is 0 Å². The third kappa shape index (κ3) is 3.40. The molecule has 1 fully saturated rings. The zero-order chi connectivity index (χ0) is 20.0. The van der Waals surface area contributed by atoms with Gasteiger partial charge in [0.15, 0.2) is 11.5 Å². The molecule has 1 aliphatic carbocycles. The summed E-state index contributed by atoms with van der Waals surface area (Å²) in [6.07, 6.45) is 5.54. The molecule has 1 amide bonds. The summed E-state index contributed by atoms with van der Waals surface area (Å²) in [5.41, 5.74) is 14.6. The highest BCUT2D eigenvalue weighted by Crippen LogP contribution is 2.34. The molecule has 2 aromatic heterocycles. The fourth-order valence-corrected chi connectivity index (χ4v) is 4.24. The van der Waals surface area contributed by atoms with E-state index >= 15 is 0 Å². The minimum Gasteiger partial charge on any atom is -0.364 e. The summed E-state index contributed by atoms with van der Waals surface area (Å²) in [6.45, 7) is 0. The lowest BCUT2D eigenvalue weighted by molar-refractivity contribution is 0.0995. The van der Waals surface area contributed by atoms with E-state index < -0.39 is 5.91 Å². The summed E-state index contributed by atoms with van der Waals surface area (Å²) in [5, 5.41) is 6.27. The van der Waals surface area contributed by atoms with E-state index in [1.54, 1.807) is 0 Å². The Labute approximate surface area is 179 Å². The quantitative estimate of drug-likeness (QED) is 0.523. The number of rotatable bonds is 3. The molecule has 0 atom stereocenters. The Hall–Kier alpha value is -3.03. The van der Waals surface area contributed by atoms with Gasteiger partial charge in [0.2, 0.25) is 0 Å². The van der Waals surface area contributed by atoms with E-state index in [1.165, 1.54) is 0 Å². The molecule has 154 valence electrons. The SMILES string of the molecule is Cl.NC(=O)c1nn(C2CCC(N)CC2)c2c1ccc1cnc(-c3ccccc3)nc12. The number of nitrogens with zero attached hydrogens (tertiary/aromatic N) is 4. The van der Waals surface area contributed by atoms with Crippen molar-refractivity contribution in [3.8, 4) is 11.4 Å². The molecule has 4 N–H and O–H groups in total. The highest BCUT2D eigenvalue weighted by atomic mass is 35.5. The Kier molecular flexibility index (Phi) is 5.40. The van der Waals surface area contributed by atoms with Gasteiger partial charge in [-0.15, -0.1) is 12.4 Å². The summed E-state index contributed by atoms with van der Waals surface area (Å²) >= 11 is 0. The van der Waals surface area contributed by atoms with E-state index in [2.05, 4.69) is 10.1 Å². The van der Waals surface area contributed by atoms with Crippen LogP contribution in [0.5, 0.6) is 0 Å². The number of hydrogen-bond acceptors (Lipinski definition) is 5. The van der Waals surface area contributed by atoms with E-state index in [1.807, 2.05) is 53.3 Å². The number of halogens is 1. The van der Waals surface area contributed by atoms with Crippen molar-refractivity contribution >= 4 is 40.1 Å². The first kappa shape index (κ1) is 20.3. The van der Waals surface area contributed by atoms with E-state index in [0.717, 1.165) is 53.1 Å². The average molecular weight is 423 g/mol. The molecule has 7 nitrogen and oxygen atoms in total. The standard InChI is InChI=1S/C22H22N6O.ClH/c23-15-7-9-16(10-8-15)28-20-17(19(27-28)21(24)29)11-6-14-12-25-22(26-18(14)20)13-4-2-1-3-5-13;/h1-6,11-12,15-16H,7-10,23H2,(H2,24,29);1H. The fraction of sp³-hybridized carbons (Fsp3) is 0.273. The molecule has 30 heavy (non-hydrogen) atoms. The second kappa shape index (κ2) is 8.01. The summed E-state index contributed by atoms with van der Waals surface area (Å²) < 4.78 is 1.95. The molecule has 1 saturated carbocycles. The number of amides is 1. The molecule has 5 rings (SSSR count). The van der Waals surface area contributed by atoms with Gasteiger partial charge in [-0.3, -0.25) is 9.48 Å². The number of nitrogens with two attached hydrogens (primary N) is 2. The van der Waals surface area contributed by atoms with Gasteiger partial charge in [0, 0.05) is 28.6 Å². The van der Waals surface area contributed by atoms with Crippen molar-refractivity contribution in [2.45, 2.75) is 37.8 Å². The number of carbonyl (C=O) groups is 1. The molecule has 0 spiro atoms. The third-order valence-electron chi connectivity index (χ3n) is 5.77. The lowest BCUT2D eigenvalue weighted by Gasteiger charge is -2.27. The maximum Gasteiger partial charge on any atom is 0.269 e. The molecule has 1 aliphatic rings. The van der Waals surface area contributed by atoms with Crippen molar-refractivity contribution in [1.82, 2.24) is 19.7 Å². The van der Waals surface area contributed by atoms with Crippen LogP contribution in [0.2, 0.25) is 0 Å². The van der Waals surface area contributed by atoms with Gasteiger partial charge in [-0.25, -0.2) is 9.97 Å². The molecule has 0 unspecified atom stereocenters. The number of fused-ring (bicyclic) bond motifs is 3. The number of hydrogen-bond donors (Lipinski definition) is 2. The zero-order valence-corrected chi connectivity index (χ0v) is 17.2. The first-order chi connectivity index (χ1) is 14.1. The topological polar surface area (TPSA) is 113 Å². The van der Waals surface area contributed by atoms with E-state index in [4.69, 9.17) is 16.5 Å². The second-order valence-electron chi connectivity index (χ2n) is 7.69. The lowest BCUT2D eigenvalue weighted by atomic mass is 9.92. The Balaban J connectivity index is 0.00000218. The van der Waals surface area contributed by atoms with Gasteiger partial charge in [-0.2, -0.15) is 5.10 Å². The summed E-state index contributed by atoms with van der Waals surface area (Å²) in [4.78, 5) is 21.5. The Morgan fingerprint density at radius 3 is 2.47 bits per heavy atom. The summed E-state index contributed by atoms with van der Waals surface area (Å²) in [6, 6.07) is 14.1. The fourth-order valence-electron chi connectivity index (χ4n) is 4.24.